The standard InChI is InChI=1S/C20H18.C18H20.5C6H6.C6H14.2C5H12.8C2H6.CH4/c1-20(17-11-5-2-6-12-17,18-13-7-3-8-14-18)19-15-9-4-10-16-19;1-4-10-16(11-5-1)18(14-8-3-9-15-18)17-12-6-2-7-13-17;5*1-2-4-6-5-3-1;1-5-6(2,3)4;2*1-5(2,3)4;8*1-2;/h2-16H,1H3;1-2,4-7,10-13H,3,8-9,14-15H2;5*1-6H;5H2,1-4H3;2*1-4H3;8*1-2H3;1H4. The molecule has 0 amide bonds. The predicted octanol–water partition coefficient (Wildman–Crippen LogP) is 33.8. The van der Waals surface area contributed by atoms with Gasteiger partial charge in [0.05, 0.1) is 0 Å². The first-order valence-electron chi connectivity index (χ1n) is 38.6. The van der Waals surface area contributed by atoms with Gasteiger partial charge in [-0.3, -0.25) is 0 Å². The van der Waals surface area contributed by atoms with Crippen LogP contribution in [-0.4, -0.2) is 0 Å². The van der Waals surface area contributed by atoms with Crippen molar-refractivity contribution < 1.29 is 0 Å². The highest BCUT2D eigenvalue weighted by Crippen LogP contribution is 2.44. The van der Waals surface area contributed by atoms with Crippen LogP contribution in [0, 0.1) is 16.2 Å². The monoisotopic (exact) mass is 1370 g/mol. The van der Waals surface area contributed by atoms with E-state index in [2.05, 4.69) is 242 Å². The molecule has 10 aromatic carbocycles. The van der Waals surface area contributed by atoms with Gasteiger partial charge in [-0.15, -0.1) is 0 Å². The van der Waals surface area contributed by atoms with E-state index in [9.17, 15) is 0 Å². The Morgan fingerprint density at radius 3 is 0.465 bits per heavy atom. The summed E-state index contributed by atoms with van der Waals surface area (Å²) in [6.07, 6.45) is 7.95. The van der Waals surface area contributed by atoms with Crippen molar-refractivity contribution >= 4 is 0 Å². The zero-order valence-corrected chi connectivity index (χ0v) is 70.0. The second-order valence-corrected chi connectivity index (χ2v) is 25.3. The average Bonchev–Trinajstić information content (AvgIpc) is 0.783. The first kappa shape index (κ1) is 109. The highest BCUT2D eigenvalue weighted by Gasteiger charge is 2.35. The Morgan fingerprint density at radius 1 is 0.218 bits per heavy atom. The molecule has 1 saturated carbocycles. The normalized spacial score (nSPS) is 10.3. The Bertz CT molecular complexity index is 2420. The maximum absolute atomic E-state index is 2.30. The van der Waals surface area contributed by atoms with Crippen molar-refractivity contribution in [2.45, 2.75) is 258 Å². The Kier molecular flexibility index (Phi) is 85.9. The van der Waals surface area contributed by atoms with E-state index in [1.54, 1.807) is 0 Å². The van der Waals surface area contributed by atoms with Crippen molar-refractivity contribution in [2.24, 2.45) is 16.2 Å². The fourth-order valence-electron chi connectivity index (χ4n) is 8.15. The lowest BCUT2D eigenvalue weighted by Gasteiger charge is -2.38. The lowest BCUT2D eigenvalue weighted by Crippen LogP contribution is -2.30. The van der Waals surface area contributed by atoms with Gasteiger partial charge in [0.15, 0.2) is 0 Å². The first-order chi connectivity index (χ1) is 48.3. The Labute approximate surface area is 631 Å². The van der Waals surface area contributed by atoms with Gasteiger partial charge in [0.25, 0.3) is 0 Å². The summed E-state index contributed by atoms with van der Waals surface area (Å²) in [6.45, 7) is 60.7. The molecule has 0 spiro atoms. The lowest BCUT2D eigenvalue weighted by atomic mass is 9.65. The van der Waals surface area contributed by atoms with Gasteiger partial charge < -0.3 is 0 Å². The summed E-state index contributed by atoms with van der Waals surface area (Å²) in [6, 6.07) is 114. The van der Waals surface area contributed by atoms with E-state index < -0.39 is 0 Å². The van der Waals surface area contributed by atoms with Gasteiger partial charge >= 0.3 is 0 Å². The van der Waals surface area contributed by atoms with E-state index in [1.165, 1.54) is 66.3 Å². The first-order valence-corrected chi connectivity index (χ1v) is 38.6. The fourth-order valence-corrected chi connectivity index (χ4v) is 8.15. The zero-order chi connectivity index (χ0) is 77.5. The number of hydrogen-bond donors (Lipinski definition) is 0. The Hall–Kier alpha value is -7.80. The summed E-state index contributed by atoms with van der Waals surface area (Å²) in [7, 11) is 0. The molecule has 0 N–H and O–H groups in total. The van der Waals surface area contributed by atoms with E-state index in [-0.39, 0.29) is 18.3 Å². The second-order valence-electron chi connectivity index (χ2n) is 25.3. The minimum atomic E-state index is -0.121. The molecule has 1 aliphatic carbocycles. The number of rotatable bonds is 5. The highest BCUT2D eigenvalue weighted by molar-refractivity contribution is 5.49. The molecule has 0 heteroatoms. The van der Waals surface area contributed by atoms with E-state index in [0.29, 0.717) is 16.2 Å². The van der Waals surface area contributed by atoms with Gasteiger partial charge in [0.1, 0.15) is 0 Å². The third kappa shape index (κ3) is 67.8. The minimum Gasteiger partial charge on any atom is -0.0776 e. The molecule has 0 radical (unpaired) electrons. The van der Waals surface area contributed by atoms with Gasteiger partial charge in [0, 0.05) is 10.8 Å². The molecule has 101 heavy (non-hydrogen) atoms. The SMILES string of the molecule is C.CC.CC.CC.CC.CC.CC.CC.CC.CC(C)(C)C.CC(C)(C)C.CC(c1ccccc1)(c1ccccc1)c1ccccc1.CCC(C)(C)C.c1ccc(C2(c3ccccc3)CCCCC2)cc1.c1ccccc1.c1ccccc1.c1ccccc1.c1ccccc1.c1ccccc1. The molecule has 1 fully saturated rings. The molecule has 0 heterocycles. The average molecular weight is 1370 g/mol. The van der Waals surface area contributed by atoms with Crippen LogP contribution in [0.5, 0.6) is 0 Å². The topological polar surface area (TPSA) is 0 Å². The van der Waals surface area contributed by atoms with Crippen LogP contribution in [0.1, 0.15) is 275 Å². The zero-order valence-electron chi connectivity index (χ0n) is 70.0. The Balaban J connectivity index is -0.000000162. The third-order valence-corrected chi connectivity index (χ3v) is 12.8. The van der Waals surface area contributed by atoms with E-state index in [4.69, 9.17) is 0 Å². The van der Waals surface area contributed by atoms with Crippen LogP contribution in [0.2, 0.25) is 0 Å². The van der Waals surface area contributed by atoms with Gasteiger partial charge in [0.2, 0.25) is 0 Å². The number of benzene rings is 10. The molecule has 562 valence electrons. The van der Waals surface area contributed by atoms with Crippen molar-refractivity contribution in [1.82, 2.24) is 0 Å². The fraction of sp³-hybridized carbons (Fsp3) is 0.406. The Morgan fingerprint density at radius 2 is 0.337 bits per heavy atom. The van der Waals surface area contributed by atoms with Crippen molar-refractivity contribution in [2.75, 3.05) is 0 Å². The molecular weight excluding hydrogens is 1210 g/mol. The van der Waals surface area contributed by atoms with Crippen LogP contribution in [0.4, 0.5) is 0 Å². The second kappa shape index (κ2) is 79.5. The van der Waals surface area contributed by atoms with E-state index in [1.807, 2.05) is 293 Å². The van der Waals surface area contributed by atoms with Crippen molar-refractivity contribution in [3.05, 3.63) is 361 Å². The van der Waals surface area contributed by atoms with Crippen molar-refractivity contribution in [3.63, 3.8) is 0 Å². The smallest absolute Gasteiger partial charge is 0.0423 e. The quantitative estimate of drug-likeness (QED) is 0.151. The van der Waals surface area contributed by atoms with Gasteiger partial charge in [-0.1, -0.05) is 561 Å². The summed E-state index contributed by atoms with van der Waals surface area (Å²) in [4.78, 5) is 0. The maximum Gasteiger partial charge on any atom is 0.0423 e. The van der Waals surface area contributed by atoms with Crippen molar-refractivity contribution in [3.8, 4) is 0 Å². The highest BCUT2D eigenvalue weighted by atomic mass is 14.4. The van der Waals surface area contributed by atoms with E-state index in [0.717, 1.165) is 0 Å². The summed E-state index contributed by atoms with van der Waals surface area (Å²) in [5.74, 6) is 0. The molecule has 0 saturated heterocycles. The van der Waals surface area contributed by atoms with Crippen LogP contribution >= 0.6 is 0 Å². The van der Waals surface area contributed by atoms with E-state index >= 15 is 0 Å². The maximum atomic E-state index is 2.30. The minimum absolute atomic E-state index is 0. The molecule has 0 aromatic heterocycles. The molecule has 1 aliphatic rings. The van der Waals surface area contributed by atoms with Gasteiger partial charge in [-0.2, -0.15) is 0 Å². The van der Waals surface area contributed by atoms with Crippen LogP contribution in [0.25, 0.3) is 0 Å². The summed E-state index contributed by atoms with van der Waals surface area (Å²) >= 11 is 0. The molecule has 0 aliphatic heterocycles. The van der Waals surface area contributed by atoms with Crippen LogP contribution < -0.4 is 0 Å². The summed E-state index contributed by atoms with van der Waals surface area (Å²) < 4.78 is 0. The molecule has 10 aromatic rings. The van der Waals surface area contributed by atoms with Crippen LogP contribution in [0.15, 0.2) is 334 Å². The molecule has 11 rings (SSSR count). The summed E-state index contributed by atoms with van der Waals surface area (Å²) in [5, 5.41) is 0. The largest absolute Gasteiger partial charge is 0.0776 e. The lowest BCUT2D eigenvalue weighted by molar-refractivity contribution is 0.346. The number of hydrogen-bond acceptors (Lipinski definition) is 0. The molecule has 0 atom stereocenters. The van der Waals surface area contributed by atoms with Crippen molar-refractivity contribution in [1.29, 1.82) is 0 Å². The predicted molar refractivity (Wildman–Crippen MR) is 471 cm³/mol. The molecule has 0 unspecified atom stereocenters. The molecule has 0 nitrogen and oxygen atoms in total. The van der Waals surface area contributed by atoms with Gasteiger partial charge in [-0.25, -0.2) is 0 Å². The molecule has 0 bridgehead atoms. The third-order valence-electron chi connectivity index (χ3n) is 12.8. The van der Waals surface area contributed by atoms with Crippen LogP contribution in [-0.2, 0) is 10.8 Å². The molecular formula is C101H158. The van der Waals surface area contributed by atoms with Crippen LogP contribution in [0.3, 0.4) is 0 Å². The summed E-state index contributed by atoms with van der Waals surface area (Å²) in [5.41, 5.74) is 8.63. The van der Waals surface area contributed by atoms with Gasteiger partial charge in [-0.05, 0) is 63.8 Å².